The summed E-state index contributed by atoms with van der Waals surface area (Å²) in [5.41, 5.74) is -0.0544. The first-order valence-electron chi connectivity index (χ1n) is 11.4. The molecule has 1 aliphatic rings. The highest BCUT2D eigenvalue weighted by molar-refractivity contribution is 5.85. The summed E-state index contributed by atoms with van der Waals surface area (Å²) in [6.07, 6.45) is -3.22. The third kappa shape index (κ3) is 6.74. The average molecular weight is 498 g/mol. The summed E-state index contributed by atoms with van der Waals surface area (Å²) in [5.74, 6) is -3.28. The molecule has 1 aliphatic carbocycles. The Labute approximate surface area is 200 Å². The SMILES string of the molecule is COc1cccc(-c2nc(CO[C@H]3CCC[C@@H](C(=O)N[C@H](C(=O)O)C(C)C)C3)c(C(F)(F)F)o2)c1. The molecule has 192 valence electrons. The van der Waals surface area contributed by atoms with E-state index in [1.807, 2.05) is 0 Å². The van der Waals surface area contributed by atoms with Gasteiger partial charge in [-0.05, 0) is 43.4 Å². The number of hydrogen-bond acceptors (Lipinski definition) is 6. The quantitative estimate of drug-likeness (QED) is 0.517. The van der Waals surface area contributed by atoms with Gasteiger partial charge in [0, 0.05) is 11.5 Å². The number of carboxylic acid groups (broad SMARTS) is 1. The Bertz CT molecular complexity index is 1040. The third-order valence-electron chi connectivity index (χ3n) is 5.95. The molecule has 1 amide bonds. The predicted octanol–water partition coefficient (Wildman–Crippen LogP) is 4.67. The Balaban J connectivity index is 1.69. The molecule has 2 N–H and O–H groups in total. The lowest BCUT2D eigenvalue weighted by molar-refractivity contribution is -0.154. The number of nitrogens with one attached hydrogen (secondary N) is 1. The number of aliphatic carboxylic acids is 1. The second kappa shape index (κ2) is 11.1. The fraction of sp³-hybridized carbons (Fsp3) is 0.542. The number of halogens is 3. The normalized spacial score (nSPS) is 19.4. The first-order chi connectivity index (χ1) is 16.5. The molecule has 0 aliphatic heterocycles. The number of benzene rings is 1. The summed E-state index contributed by atoms with van der Waals surface area (Å²) in [6.45, 7) is 2.95. The largest absolute Gasteiger partial charge is 0.497 e. The molecular weight excluding hydrogens is 469 g/mol. The summed E-state index contributed by atoms with van der Waals surface area (Å²) in [4.78, 5) is 28.0. The second-order valence-electron chi connectivity index (χ2n) is 8.89. The second-order valence-corrected chi connectivity index (χ2v) is 8.89. The van der Waals surface area contributed by atoms with Gasteiger partial charge in [-0.15, -0.1) is 0 Å². The Morgan fingerprint density at radius 2 is 2.03 bits per heavy atom. The number of ether oxygens (including phenoxy) is 2. The van der Waals surface area contributed by atoms with E-state index in [2.05, 4.69) is 10.3 Å². The van der Waals surface area contributed by atoms with Gasteiger partial charge in [-0.1, -0.05) is 26.3 Å². The highest BCUT2D eigenvalue weighted by Gasteiger charge is 2.40. The number of alkyl halides is 3. The zero-order chi connectivity index (χ0) is 25.8. The van der Waals surface area contributed by atoms with Crippen LogP contribution in [0, 0.1) is 11.8 Å². The third-order valence-corrected chi connectivity index (χ3v) is 5.95. The number of oxazole rings is 1. The van der Waals surface area contributed by atoms with Crippen LogP contribution in [0.3, 0.4) is 0 Å². The van der Waals surface area contributed by atoms with Crippen molar-refractivity contribution in [1.82, 2.24) is 10.3 Å². The van der Waals surface area contributed by atoms with Gasteiger partial charge in [-0.3, -0.25) is 4.79 Å². The van der Waals surface area contributed by atoms with Crippen LogP contribution in [0.5, 0.6) is 5.75 Å². The number of rotatable bonds is 9. The van der Waals surface area contributed by atoms with Gasteiger partial charge in [0.15, 0.2) is 0 Å². The van der Waals surface area contributed by atoms with E-state index in [1.165, 1.54) is 13.2 Å². The smallest absolute Gasteiger partial charge is 0.451 e. The van der Waals surface area contributed by atoms with Crippen LogP contribution in [0.2, 0.25) is 0 Å². The molecule has 3 rings (SSSR count). The molecule has 0 saturated heterocycles. The van der Waals surface area contributed by atoms with Crippen LogP contribution in [0.1, 0.15) is 51.0 Å². The standard InChI is InChI=1S/C24H29F3N2O6/c1-13(2)19(23(31)32)29-21(30)14-6-4-9-17(10-14)34-12-18-20(24(25,26)27)35-22(28-18)15-7-5-8-16(11-15)33-3/h5,7-8,11,13-14,17,19H,4,6,9-10,12H2,1-3H3,(H,29,30)(H,31,32)/t14-,17+,19+/m1/s1. The number of methoxy groups -OCH3 is 1. The van der Waals surface area contributed by atoms with Gasteiger partial charge in [-0.2, -0.15) is 13.2 Å². The zero-order valence-electron chi connectivity index (χ0n) is 19.7. The van der Waals surface area contributed by atoms with Crippen molar-refractivity contribution in [1.29, 1.82) is 0 Å². The van der Waals surface area contributed by atoms with Crippen molar-refractivity contribution >= 4 is 11.9 Å². The summed E-state index contributed by atoms with van der Waals surface area (Å²) in [6, 6.07) is 5.33. The lowest BCUT2D eigenvalue weighted by Gasteiger charge is -2.29. The Kier molecular flexibility index (Phi) is 8.42. The molecule has 0 unspecified atom stereocenters. The van der Waals surface area contributed by atoms with E-state index in [4.69, 9.17) is 13.9 Å². The first kappa shape index (κ1) is 26.5. The molecule has 11 heteroatoms. The molecule has 1 heterocycles. The Morgan fingerprint density at radius 1 is 1.29 bits per heavy atom. The highest BCUT2D eigenvalue weighted by Crippen LogP contribution is 2.37. The van der Waals surface area contributed by atoms with Crippen LogP contribution >= 0.6 is 0 Å². The summed E-state index contributed by atoms with van der Waals surface area (Å²) in [5, 5.41) is 11.9. The Morgan fingerprint density at radius 3 is 2.66 bits per heavy atom. The molecule has 0 spiro atoms. The average Bonchev–Trinajstić information content (AvgIpc) is 3.26. The van der Waals surface area contributed by atoms with Gasteiger partial charge in [0.25, 0.3) is 0 Å². The number of carbonyl (C=O) groups excluding carboxylic acids is 1. The minimum Gasteiger partial charge on any atom is -0.497 e. The molecule has 0 bridgehead atoms. The molecule has 3 atom stereocenters. The van der Waals surface area contributed by atoms with E-state index < -0.39 is 48.5 Å². The van der Waals surface area contributed by atoms with Gasteiger partial charge < -0.3 is 24.3 Å². The minimum atomic E-state index is -4.76. The number of hydrogen-bond donors (Lipinski definition) is 2. The molecule has 1 fully saturated rings. The fourth-order valence-corrected chi connectivity index (χ4v) is 4.07. The molecular formula is C24H29F3N2O6. The molecule has 1 saturated carbocycles. The van der Waals surface area contributed by atoms with Crippen LogP contribution in [-0.4, -0.2) is 41.2 Å². The molecule has 35 heavy (non-hydrogen) atoms. The minimum absolute atomic E-state index is 0.205. The van der Waals surface area contributed by atoms with Crippen LogP contribution < -0.4 is 10.1 Å². The van der Waals surface area contributed by atoms with E-state index in [0.717, 1.165) is 0 Å². The maximum absolute atomic E-state index is 13.6. The maximum atomic E-state index is 13.6. The van der Waals surface area contributed by atoms with Gasteiger partial charge >= 0.3 is 12.1 Å². The molecule has 8 nitrogen and oxygen atoms in total. The van der Waals surface area contributed by atoms with Crippen LogP contribution in [0.4, 0.5) is 13.2 Å². The molecule has 2 aromatic rings. The lowest BCUT2D eigenvalue weighted by atomic mass is 9.86. The number of aromatic nitrogens is 1. The lowest BCUT2D eigenvalue weighted by Crippen LogP contribution is -2.47. The first-order valence-corrected chi connectivity index (χ1v) is 11.4. The van der Waals surface area contributed by atoms with E-state index in [9.17, 15) is 27.9 Å². The topological polar surface area (TPSA) is 111 Å². The van der Waals surface area contributed by atoms with Crippen LogP contribution in [0.15, 0.2) is 28.7 Å². The van der Waals surface area contributed by atoms with Crippen molar-refractivity contribution in [2.45, 2.75) is 64.5 Å². The Hall–Kier alpha value is -3.08. The van der Waals surface area contributed by atoms with Crippen molar-refractivity contribution in [3.8, 4) is 17.2 Å². The van der Waals surface area contributed by atoms with E-state index in [0.29, 0.717) is 30.6 Å². The number of carboxylic acids is 1. The van der Waals surface area contributed by atoms with Crippen molar-refractivity contribution in [3.05, 3.63) is 35.7 Å². The monoisotopic (exact) mass is 498 g/mol. The summed E-state index contributed by atoms with van der Waals surface area (Å²) < 4.78 is 56.7. The van der Waals surface area contributed by atoms with Gasteiger partial charge in [0.05, 0.1) is 19.8 Å². The van der Waals surface area contributed by atoms with Crippen LogP contribution in [-0.2, 0) is 27.1 Å². The van der Waals surface area contributed by atoms with E-state index in [-0.39, 0.29) is 23.9 Å². The predicted molar refractivity (Wildman–Crippen MR) is 118 cm³/mol. The number of amides is 1. The van der Waals surface area contributed by atoms with Crippen molar-refractivity contribution in [3.63, 3.8) is 0 Å². The highest BCUT2D eigenvalue weighted by atomic mass is 19.4. The molecule has 1 aromatic carbocycles. The van der Waals surface area contributed by atoms with Crippen molar-refractivity contribution in [2.75, 3.05) is 7.11 Å². The van der Waals surface area contributed by atoms with Crippen LogP contribution in [0.25, 0.3) is 11.5 Å². The van der Waals surface area contributed by atoms with Crippen molar-refractivity contribution in [2.24, 2.45) is 11.8 Å². The summed E-state index contributed by atoms with van der Waals surface area (Å²) >= 11 is 0. The fourth-order valence-electron chi connectivity index (χ4n) is 4.07. The van der Waals surface area contributed by atoms with Gasteiger partial charge in [-0.25, -0.2) is 9.78 Å². The number of carbonyl (C=O) groups is 2. The van der Waals surface area contributed by atoms with E-state index >= 15 is 0 Å². The molecule has 1 aromatic heterocycles. The number of nitrogens with zero attached hydrogens (tertiary/aromatic N) is 1. The van der Waals surface area contributed by atoms with Gasteiger partial charge in [0.1, 0.15) is 17.5 Å². The molecule has 0 radical (unpaired) electrons. The van der Waals surface area contributed by atoms with Crippen molar-refractivity contribution < 1.29 is 41.8 Å². The van der Waals surface area contributed by atoms with Gasteiger partial charge in [0.2, 0.25) is 17.6 Å². The summed E-state index contributed by atoms with van der Waals surface area (Å²) in [7, 11) is 1.44. The van der Waals surface area contributed by atoms with E-state index in [1.54, 1.807) is 32.0 Å². The maximum Gasteiger partial charge on any atom is 0.451 e. The zero-order valence-corrected chi connectivity index (χ0v) is 19.7.